The average Bonchev–Trinajstić information content (AvgIpc) is 2.67. The molecule has 0 fully saturated rings. The molecule has 0 saturated carbocycles. The molecule has 0 spiro atoms. The highest BCUT2D eigenvalue weighted by Crippen LogP contribution is 2.11. The summed E-state index contributed by atoms with van der Waals surface area (Å²) in [6.45, 7) is 2.15. The second-order valence-corrected chi connectivity index (χ2v) is 3.62. The van der Waals surface area contributed by atoms with Gasteiger partial charge in [-0.2, -0.15) is 0 Å². The van der Waals surface area contributed by atoms with E-state index in [1.165, 1.54) is 0 Å². The minimum Gasteiger partial charge on any atom is -0.342 e. The summed E-state index contributed by atoms with van der Waals surface area (Å²) in [6, 6.07) is 8.15. The second kappa shape index (κ2) is 4.78. The molecule has 2 aromatic rings. The summed E-state index contributed by atoms with van der Waals surface area (Å²) in [4.78, 5) is 7.85. The number of fused-ring (bicyclic) bond motifs is 1. The maximum absolute atomic E-state index is 4.52. The molecule has 15 heavy (non-hydrogen) atoms. The summed E-state index contributed by atoms with van der Waals surface area (Å²) in [6.07, 6.45) is 7.58. The molecule has 0 radical (unpaired) electrons. The quantitative estimate of drug-likeness (QED) is 0.752. The summed E-state index contributed by atoms with van der Waals surface area (Å²) >= 11 is 0. The molecule has 1 aromatic heterocycles. The highest BCUT2D eigenvalue weighted by molar-refractivity contribution is 5.74. The van der Waals surface area contributed by atoms with Crippen LogP contribution in [0.15, 0.2) is 36.4 Å². The number of benzene rings is 1. The molecular formula is C13H16N2. The third-order valence-electron chi connectivity index (χ3n) is 2.39. The van der Waals surface area contributed by atoms with Gasteiger partial charge < -0.3 is 4.98 Å². The van der Waals surface area contributed by atoms with E-state index in [-0.39, 0.29) is 0 Å². The monoisotopic (exact) mass is 200 g/mol. The summed E-state index contributed by atoms with van der Waals surface area (Å²) < 4.78 is 0. The third-order valence-corrected chi connectivity index (χ3v) is 2.39. The van der Waals surface area contributed by atoms with Crippen LogP contribution in [0.3, 0.4) is 0 Å². The van der Waals surface area contributed by atoms with Gasteiger partial charge >= 0.3 is 0 Å². The minimum absolute atomic E-state index is 0.991. The van der Waals surface area contributed by atoms with Crippen LogP contribution in [0.1, 0.15) is 25.6 Å². The van der Waals surface area contributed by atoms with Gasteiger partial charge in [0.05, 0.1) is 11.0 Å². The zero-order chi connectivity index (χ0) is 10.5. The van der Waals surface area contributed by atoms with Crippen molar-refractivity contribution in [2.45, 2.75) is 26.2 Å². The van der Waals surface area contributed by atoms with Crippen molar-refractivity contribution in [3.8, 4) is 0 Å². The number of para-hydroxylation sites is 2. The SMILES string of the molecule is CC/C=C\CCc1nc2ccccc2[nH]1. The van der Waals surface area contributed by atoms with Crippen LogP contribution in [0.5, 0.6) is 0 Å². The van der Waals surface area contributed by atoms with E-state index in [1.54, 1.807) is 0 Å². The number of aryl methyl sites for hydroxylation is 1. The van der Waals surface area contributed by atoms with E-state index in [4.69, 9.17) is 0 Å². The van der Waals surface area contributed by atoms with Crippen LogP contribution in [-0.2, 0) is 6.42 Å². The Morgan fingerprint density at radius 2 is 2.13 bits per heavy atom. The first-order valence-electron chi connectivity index (χ1n) is 5.49. The summed E-state index contributed by atoms with van der Waals surface area (Å²) in [5.41, 5.74) is 2.19. The lowest BCUT2D eigenvalue weighted by Gasteiger charge is -1.89. The first-order chi connectivity index (χ1) is 7.40. The van der Waals surface area contributed by atoms with E-state index in [9.17, 15) is 0 Å². The van der Waals surface area contributed by atoms with Crippen molar-refractivity contribution < 1.29 is 0 Å². The Balaban J connectivity index is 2.05. The van der Waals surface area contributed by atoms with Crippen molar-refractivity contribution >= 4 is 11.0 Å². The molecule has 2 heteroatoms. The number of nitrogens with zero attached hydrogens (tertiary/aromatic N) is 1. The van der Waals surface area contributed by atoms with E-state index < -0.39 is 0 Å². The number of hydrogen-bond donors (Lipinski definition) is 1. The summed E-state index contributed by atoms with van der Waals surface area (Å²) in [7, 11) is 0. The van der Waals surface area contributed by atoms with Gasteiger partial charge in [-0.1, -0.05) is 31.2 Å². The fraction of sp³-hybridized carbons (Fsp3) is 0.308. The molecule has 0 amide bonds. The lowest BCUT2D eigenvalue weighted by atomic mass is 10.2. The van der Waals surface area contributed by atoms with Crippen LogP contribution in [0.4, 0.5) is 0 Å². The number of nitrogens with one attached hydrogen (secondary N) is 1. The Morgan fingerprint density at radius 3 is 2.93 bits per heavy atom. The molecule has 2 rings (SSSR count). The fourth-order valence-electron chi connectivity index (χ4n) is 1.63. The molecule has 0 aliphatic carbocycles. The van der Waals surface area contributed by atoms with Crippen molar-refractivity contribution in [1.82, 2.24) is 9.97 Å². The first kappa shape index (κ1) is 9.97. The van der Waals surface area contributed by atoms with Gasteiger partial charge in [0.1, 0.15) is 5.82 Å². The number of allylic oxidation sites excluding steroid dienone is 2. The highest BCUT2D eigenvalue weighted by Gasteiger charge is 1.99. The van der Waals surface area contributed by atoms with Crippen molar-refractivity contribution in [1.29, 1.82) is 0 Å². The molecule has 0 aliphatic heterocycles. The summed E-state index contributed by atoms with van der Waals surface area (Å²) in [5, 5.41) is 0. The van der Waals surface area contributed by atoms with Gasteiger partial charge in [-0.3, -0.25) is 0 Å². The Morgan fingerprint density at radius 1 is 1.27 bits per heavy atom. The van der Waals surface area contributed by atoms with Crippen molar-refractivity contribution in [3.05, 3.63) is 42.2 Å². The molecule has 0 atom stereocenters. The molecule has 0 saturated heterocycles. The van der Waals surface area contributed by atoms with E-state index in [0.717, 1.165) is 36.1 Å². The predicted molar refractivity (Wildman–Crippen MR) is 63.8 cm³/mol. The van der Waals surface area contributed by atoms with Crippen LogP contribution >= 0.6 is 0 Å². The molecule has 1 heterocycles. The van der Waals surface area contributed by atoms with Crippen molar-refractivity contribution in [2.24, 2.45) is 0 Å². The Bertz CT molecular complexity index is 421. The number of hydrogen-bond acceptors (Lipinski definition) is 1. The van der Waals surface area contributed by atoms with Crippen molar-refractivity contribution in [2.75, 3.05) is 0 Å². The fourth-order valence-corrected chi connectivity index (χ4v) is 1.63. The maximum atomic E-state index is 4.52. The Kier molecular flexibility index (Phi) is 3.18. The number of H-pyrrole nitrogens is 1. The van der Waals surface area contributed by atoms with Crippen LogP contribution < -0.4 is 0 Å². The lowest BCUT2D eigenvalue weighted by molar-refractivity contribution is 0.912. The van der Waals surface area contributed by atoms with Gasteiger partial charge in [-0.15, -0.1) is 0 Å². The van der Waals surface area contributed by atoms with Crippen molar-refractivity contribution in [3.63, 3.8) is 0 Å². The predicted octanol–water partition coefficient (Wildman–Crippen LogP) is 3.46. The van der Waals surface area contributed by atoms with Gasteiger partial charge in [0.2, 0.25) is 0 Å². The van der Waals surface area contributed by atoms with Gasteiger partial charge in [-0.25, -0.2) is 4.98 Å². The zero-order valence-electron chi connectivity index (χ0n) is 9.03. The number of aromatic nitrogens is 2. The number of rotatable bonds is 4. The summed E-state index contributed by atoms with van der Waals surface area (Å²) in [5.74, 6) is 1.08. The normalized spacial score (nSPS) is 11.5. The van der Waals surface area contributed by atoms with Gasteiger partial charge in [0, 0.05) is 6.42 Å². The van der Waals surface area contributed by atoms with E-state index in [1.807, 2.05) is 18.2 Å². The smallest absolute Gasteiger partial charge is 0.107 e. The van der Waals surface area contributed by atoms with Crippen LogP contribution in [-0.4, -0.2) is 9.97 Å². The molecular weight excluding hydrogens is 184 g/mol. The molecule has 78 valence electrons. The molecule has 0 unspecified atom stereocenters. The number of imidazole rings is 1. The maximum Gasteiger partial charge on any atom is 0.107 e. The van der Waals surface area contributed by atoms with Gasteiger partial charge in [0.15, 0.2) is 0 Å². The Hall–Kier alpha value is -1.57. The van der Waals surface area contributed by atoms with Crippen LogP contribution in [0.2, 0.25) is 0 Å². The number of aromatic amines is 1. The standard InChI is InChI=1S/C13H16N2/c1-2-3-4-5-10-13-14-11-8-6-7-9-12(11)15-13/h3-4,6-9H,2,5,10H2,1H3,(H,14,15)/b4-3-. The third kappa shape index (κ3) is 2.46. The molecule has 0 aliphatic rings. The second-order valence-electron chi connectivity index (χ2n) is 3.62. The first-order valence-corrected chi connectivity index (χ1v) is 5.49. The van der Waals surface area contributed by atoms with Gasteiger partial charge in [0.25, 0.3) is 0 Å². The zero-order valence-corrected chi connectivity index (χ0v) is 9.03. The van der Waals surface area contributed by atoms with Gasteiger partial charge in [-0.05, 0) is 25.0 Å². The molecule has 1 N–H and O–H groups in total. The average molecular weight is 200 g/mol. The Labute approximate surface area is 90.0 Å². The van der Waals surface area contributed by atoms with E-state index >= 15 is 0 Å². The molecule has 2 nitrogen and oxygen atoms in total. The van der Waals surface area contributed by atoms with Crippen LogP contribution in [0, 0.1) is 0 Å². The highest BCUT2D eigenvalue weighted by atomic mass is 14.9. The molecule has 1 aromatic carbocycles. The largest absolute Gasteiger partial charge is 0.342 e. The molecule has 0 bridgehead atoms. The van der Waals surface area contributed by atoms with E-state index in [0.29, 0.717) is 0 Å². The lowest BCUT2D eigenvalue weighted by Crippen LogP contribution is -1.85. The van der Waals surface area contributed by atoms with Crippen LogP contribution in [0.25, 0.3) is 11.0 Å². The van der Waals surface area contributed by atoms with E-state index in [2.05, 4.69) is 35.1 Å². The minimum atomic E-state index is 0.991. The topological polar surface area (TPSA) is 28.7 Å².